The Hall–Kier alpha value is -0.160. The van der Waals surface area contributed by atoms with Crippen LogP contribution in [0.15, 0.2) is 0 Å². The lowest BCUT2D eigenvalue weighted by molar-refractivity contribution is -0.917. The Morgan fingerprint density at radius 1 is 1.19 bits per heavy atom. The molecule has 4 heteroatoms. The van der Waals surface area contributed by atoms with E-state index < -0.39 is 5.79 Å². The summed E-state index contributed by atoms with van der Waals surface area (Å²) in [4.78, 5) is 1.57. The van der Waals surface area contributed by atoms with Gasteiger partial charge in [-0.1, -0.05) is 0 Å². The van der Waals surface area contributed by atoms with Gasteiger partial charge in [-0.25, -0.2) is 0 Å². The van der Waals surface area contributed by atoms with Crippen LogP contribution in [0.3, 0.4) is 0 Å². The number of morpholine rings is 1. The van der Waals surface area contributed by atoms with E-state index in [2.05, 4.69) is 13.8 Å². The summed E-state index contributed by atoms with van der Waals surface area (Å²) >= 11 is 0. The normalized spacial score (nSPS) is 43.5. The van der Waals surface area contributed by atoms with Gasteiger partial charge in [0.15, 0.2) is 5.79 Å². The maximum absolute atomic E-state index is 5.84. The lowest BCUT2D eigenvalue weighted by Gasteiger charge is -2.33. The third kappa shape index (κ3) is 3.17. The minimum absolute atomic E-state index is 0.238. The number of nitrogens with one attached hydrogen (secondary N) is 1. The summed E-state index contributed by atoms with van der Waals surface area (Å²) in [6.45, 7) is 12.1. The lowest BCUT2D eigenvalue weighted by atomic mass is 10.2. The topological polar surface area (TPSA) is 32.1 Å². The van der Waals surface area contributed by atoms with Crippen molar-refractivity contribution in [2.75, 3.05) is 26.2 Å². The fourth-order valence-corrected chi connectivity index (χ4v) is 2.74. The van der Waals surface area contributed by atoms with Gasteiger partial charge in [0.25, 0.3) is 0 Å². The third-order valence-corrected chi connectivity index (χ3v) is 3.20. The second-order valence-electron chi connectivity index (χ2n) is 5.57. The average Bonchev–Trinajstić information content (AvgIpc) is 2.43. The summed E-state index contributed by atoms with van der Waals surface area (Å²) in [7, 11) is 0. The van der Waals surface area contributed by atoms with Crippen LogP contribution >= 0.6 is 0 Å². The van der Waals surface area contributed by atoms with Crippen molar-refractivity contribution < 1.29 is 19.1 Å². The molecular formula is C12H24NO3+. The Balaban J connectivity index is 1.81. The predicted molar refractivity (Wildman–Crippen MR) is 60.5 cm³/mol. The zero-order chi connectivity index (χ0) is 11.8. The molecule has 2 saturated heterocycles. The Labute approximate surface area is 97.8 Å². The fraction of sp³-hybridized carbons (Fsp3) is 1.00. The molecule has 94 valence electrons. The van der Waals surface area contributed by atoms with Crippen LogP contribution in [0.25, 0.3) is 0 Å². The first-order chi connectivity index (χ1) is 7.44. The highest BCUT2D eigenvalue weighted by Crippen LogP contribution is 2.21. The van der Waals surface area contributed by atoms with Crippen molar-refractivity contribution in [3.63, 3.8) is 0 Å². The second-order valence-corrected chi connectivity index (χ2v) is 5.57. The van der Waals surface area contributed by atoms with Gasteiger partial charge in [0.1, 0.15) is 37.9 Å². The van der Waals surface area contributed by atoms with Crippen molar-refractivity contribution in [2.45, 2.75) is 51.8 Å². The molecule has 2 aliphatic rings. The van der Waals surface area contributed by atoms with Crippen LogP contribution < -0.4 is 4.90 Å². The number of ether oxygens (including phenoxy) is 3. The minimum atomic E-state index is -0.395. The summed E-state index contributed by atoms with van der Waals surface area (Å²) in [5.41, 5.74) is 0. The molecule has 0 amide bonds. The Morgan fingerprint density at radius 3 is 2.31 bits per heavy atom. The quantitative estimate of drug-likeness (QED) is 0.715. The van der Waals surface area contributed by atoms with Gasteiger partial charge < -0.3 is 19.1 Å². The van der Waals surface area contributed by atoms with E-state index in [-0.39, 0.29) is 6.10 Å². The molecule has 0 spiro atoms. The van der Waals surface area contributed by atoms with Gasteiger partial charge in [-0.3, -0.25) is 0 Å². The maximum Gasteiger partial charge on any atom is 0.163 e. The molecule has 0 aromatic carbocycles. The first-order valence-corrected chi connectivity index (χ1v) is 6.25. The van der Waals surface area contributed by atoms with E-state index in [9.17, 15) is 0 Å². The fourth-order valence-electron chi connectivity index (χ4n) is 2.74. The van der Waals surface area contributed by atoms with Gasteiger partial charge in [0.05, 0.1) is 6.61 Å². The zero-order valence-corrected chi connectivity index (χ0v) is 10.8. The van der Waals surface area contributed by atoms with Crippen molar-refractivity contribution in [2.24, 2.45) is 0 Å². The lowest BCUT2D eigenvalue weighted by Crippen LogP contribution is -3.16. The molecule has 0 radical (unpaired) electrons. The van der Waals surface area contributed by atoms with Crippen LogP contribution in [0.5, 0.6) is 0 Å². The van der Waals surface area contributed by atoms with Crippen LogP contribution in [0.1, 0.15) is 27.7 Å². The number of hydrogen-bond donors (Lipinski definition) is 1. The average molecular weight is 230 g/mol. The highest BCUT2D eigenvalue weighted by atomic mass is 16.7. The molecule has 2 fully saturated rings. The number of rotatable bonds is 2. The Morgan fingerprint density at radius 2 is 1.81 bits per heavy atom. The van der Waals surface area contributed by atoms with Crippen molar-refractivity contribution in [1.29, 1.82) is 0 Å². The minimum Gasteiger partial charge on any atom is -0.364 e. The van der Waals surface area contributed by atoms with E-state index in [4.69, 9.17) is 14.2 Å². The van der Waals surface area contributed by atoms with Crippen LogP contribution in [0.2, 0.25) is 0 Å². The van der Waals surface area contributed by atoms with E-state index in [1.165, 1.54) is 0 Å². The second kappa shape index (κ2) is 4.61. The molecule has 0 unspecified atom stereocenters. The summed E-state index contributed by atoms with van der Waals surface area (Å²) in [6.07, 6.45) is 0.950. The SMILES string of the molecule is C[C@@H]1C[NH+](C[C@@H]2COC(C)(C)O2)C[C@@H](C)O1. The monoisotopic (exact) mass is 230 g/mol. The number of hydrogen-bond acceptors (Lipinski definition) is 3. The van der Waals surface area contributed by atoms with Crippen LogP contribution in [-0.2, 0) is 14.2 Å². The largest absolute Gasteiger partial charge is 0.364 e. The first-order valence-electron chi connectivity index (χ1n) is 6.25. The molecule has 1 N–H and O–H groups in total. The molecule has 2 rings (SSSR count). The maximum atomic E-state index is 5.84. The van der Waals surface area contributed by atoms with Gasteiger partial charge in [-0.05, 0) is 27.7 Å². The summed E-state index contributed by atoms with van der Waals surface area (Å²) in [6, 6.07) is 0. The molecule has 0 aliphatic carbocycles. The molecule has 4 nitrogen and oxygen atoms in total. The molecule has 0 bridgehead atoms. The zero-order valence-electron chi connectivity index (χ0n) is 10.8. The first kappa shape index (κ1) is 12.3. The van der Waals surface area contributed by atoms with Gasteiger partial charge >= 0.3 is 0 Å². The van der Waals surface area contributed by atoms with Crippen molar-refractivity contribution in [3.05, 3.63) is 0 Å². The van der Waals surface area contributed by atoms with E-state index in [0.717, 1.165) is 26.2 Å². The highest BCUT2D eigenvalue weighted by molar-refractivity contribution is 4.70. The Bertz CT molecular complexity index is 234. The Kier molecular flexibility index (Phi) is 3.54. The molecule has 3 atom stereocenters. The van der Waals surface area contributed by atoms with Gasteiger partial charge in [-0.15, -0.1) is 0 Å². The highest BCUT2D eigenvalue weighted by Gasteiger charge is 2.36. The van der Waals surface area contributed by atoms with Crippen molar-refractivity contribution >= 4 is 0 Å². The van der Waals surface area contributed by atoms with E-state index in [1.807, 2.05) is 13.8 Å². The van der Waals surface area contributed by atoms with Crippen molar-refractivity contribution in [3.8, 4) is 0 Å². The van der Waals surface area contributed by atoms with Crippen LogP contribution in [-0.4, -0.2) is 50.3 Å². The van der Waals surface area contributed by atoms with Gasteiger partial charge in [-0.2, -0.15) is 0 Å². The molecule has 2 heterocycles. The number of quaternary nitrogens is 1. The van der Waals surface area contributed by atoms with Crippen LogP contribution in [0.4, 0.5) is 0 Å². The summed E-state index contributed by atoms with van der Waals surface area (Å²) < 4.78 is 17.1. The van der Waals surface area contributed by atoms with Crippen molar-refractivity contribution in [1.82, 2.24) is 0 Å². The summed E-state index contributed by atoms with van der Waals surface area (Å²) in [5.74, 6) is -0.395. The molecular weight excluding hydrogens is 206 g/mol. The molecule has 0 saturated carbocycles. The standard InChI is InChI=1S/C12H23NO3/c1-9-5-13(6-10(2)15-9)7-11-8-14-12(3,4)16-11/h9-11H,5-8H2,1-4H3/p+1/t9-,10-,11-/m1/s1. The third-order valence-electron chi connectivity index (χ3n) is 3.20. The predicted octanol–water partition coefficient (Wildman–Crippen LogP) is -0.170. The van der Waals surface area contributed by atoms with Gasteiger partial charge in [0, 0.05) is 0 Å². The van der Waals surface area contributed by atoms with Crippen LogP contribution in [0, 0.1) is 0 Å². The molecule has 0 aromatic heterocycles. The smallest absolute Gasteiger partial charge is 0.163 e. The van der Waals surface area contributed by atoms with Gasteiger partial charge in [0.2, 0.25) is 0 Å². The molecule has 2 aliphatic heterocycles. The molecule has 0 aromatic rings. The molecule has 16 heavy (non-hydrogen) atoms. The summed E-state index contributed by atoms with van der Waals surface area (Å²) in [5, 5.41) is 0. The van der Waals surface area contributed by atoms with E-state index >= 15 is 0 Å². The van der Waals surface area contributed by atoms with E-state index in [0.29, 0.717) is 12.2 Å². The van der Waals surface area contributed by atoms with E-state index in [1.54, 1.807) is 4.90 Å².